The van der Waals surface area contributed by atoms with Crippen molar-refractivity contribution in [1.82, 2.24) is 10.5 Å². The number of rotatable bonds is 5. The van der Waals surface area contributed by atoms with Gasteiger partial charge < -0.3 is 0 Å². The topological polar surface area (TPSA) is 51.2 Å². The lowest BCUT2D eigenvalue weighted by atomic mass is 10.2. The Kier molecular flexibility index (Phi) is 4.44. The number of benzene rings is 1. The van der Waals surface area contributed by atoms with Crippen molar-refractivity contribution in [3.8, 4) is 0 Å². The van der Waals surface area contributed by atoms with Gasteiger partial charge >= 0.3 is 0 Å². The molecule has 0 unspecified atom stereocenters. The third-order valence-corrected chi connectivity index (χ3v) is 2.39. The van der Waals surface area contributed by atoms with Crippen LogP contribution < -0.4 is 5.48 Å². The fraction of sp³-hybridized carbons (Fsp3) is 0.143. The highest BCUT2D eigenvalue weighted by molar-refractivity contribution is 5.93. The molecule has 4 heteroatoms. The second kappa shape index (κ2) is 6.51. The molecule has 0 bridgehead atoms. The van der Waals surface area contributed by atoms with Gasteiger partial charge in [0, 0.05) is 23.9 Å². The molecule has 0 radical (unpaired) electrons. The molecule has 92 valence electrons. The van der Waals surface area contributed by atoms with E-state index < -0.39 is 0 Å². The van der Waals surface area contributed by atoms with Crippen LogP contribution in [-0.4, -0.2) is 17.5 Å². The Labute approximate surface area is 106 Å². The van der Waals surface area contributed by atoms with Gasteiger partial charge in [-0.05, 0) is 24.3 Å². The van der Waals surface area contributed by atoms with Gasteiger partial charge in [-0.3, -0.25) is 14.6 Å². The van der Waals surface area contributed by atoms with E-state index in [0.717, 1.165) is 5.69 Å². The molecule has 4 nitrogen and oxygen atoms in total. The van der Waals surface area contributed by atoms with Crippen molar-refractivity contribution < 1.29 is 9.63 Å². The van der Waals surface area contributed by atoms with Gasteiger partial charge in [0.15, 0.2) is 0 Å². The SMILES string of the molecule is O=C(NOCCc1ccccn1)c1ccccc1. The molecule has 1 heterocycles. The maximum Gasteiger partial charge on any atom is 0.274 e. The number of aromatic nitrogens is 1. The summed E-state index contributed by atoms with van der Waals surface area (Å²) in [5.74, 6) is -0.239. The van der Waals surface area contributed by atoms with Crippen LogP contribution in [0.2, 0.25) is 0 Å². The minimum absolute atomic E-state index is 0.239. The molecular formula is C14H14N2O2. The van der Waals surface area contributed by atoms with Crippen molar-refractivity contribution in [2.45, 2.75) is 6.42 Å². The van der Waals surface area contributed by atoms with Gasteiger partial charge in [0.25, 0.3) is 5.91 Å². The van der Waals surface area contributed by atoms with Crippen molar-refractivity contribution in [2.75, 3.05) is 6.61 Å². The number of nitrogens with one attached hydrogen (secondary N) is 1. The van der Waals surface area contributed by atoms with Gasteiger partial charge in [-0.15, -0.1) is 0 Å². The minimum atomic E-state index is -0.239. The van der Waals surface area contributed by atoms with Crippen LogP contribution in [0, 0.1) is 0 Å². The summed E-state index contributed by atoms with van der Waals surface area (Å²) in [7, 11) is 0. The molecule has 0 spiro atoms. The van der Waals surface area contributed by atoms with Crippen LogP contribution in [0.1, 0.15) is 16.1 Å². The fourth-order valence-electron chi connectivity index (χ4n) is 1.47. The Bertz CT molecular complexity index is 486. The third-order valence-electron chi connectivity index (χ3n) is 2.39. The summed E-state index contributed by atoms with van der Waals surface area (Å²) in [6.07, 6.45) is 2.40. The summed E-state index contributed by atoms with van der Waals surface area (Å²) in [5.41, 5.74) is 3.92. The Morgan fingerprint density at radius 2 is 1.89 bits per heavy atom. The van der Waals surface area contributed by atoms with Crippen molar-refractivity contribution in [1.29, 1.82) is 0 Å². The zero-order valence-corrected chi connectivity index (χ0v) is 9.87. The molecule has 1 amide bonds. The normalized spacial score (nSPS) is 10.0. The van der Waals surface area contributed by atoms with E-state index in [2.05, 4.69) is 10.5 Å². The Hall–Kier alpha value is -2.20. The number of hydrogen-bond donors (Lipinski definition) is 1. The number of amides is 1. The van der Waals surface area contributed by atoms with E-state index in [-0.39, 0.29) is 5.91 Å². The number of nitrogens with zero attached hydrogens (tertiary/aromatic N) is 1. The number of hydrogen-bond acceptors (Lipinski definition) is 3. The fourth-order valence-corrected chi connectivity index (χ4v) is 1.47. The monoisotopic (exact) mass is 242 g/mol. The smallest absolute Gasteiger partial charge is 0.273 e. The van der Waals surface area contributed by atoms with Gasteiger partial charge in [-0.2, -0.15) is 0 Å². The number of pyridine rings is 1. The van der Waals surface area contributed by atoms with Crippen LogP contribution in [-0.2, 0) is 11.3 Å². The van der Waals surface area contributed by atoms with Gasteiger partial charge in [-0.1, -0.05) is 24.3 Å². The van der Waals surface area contributed by atoms with E-state index in [1.807, 2.05) is 36.4 Å². The first-order chi connectivity index (χ1) is 8.86. The Morgan fingerprint density at radius 3 is 2.61 bits per heavy atom. The minimum Gasteiger partial charge on any atom is -0.273 e. The molecular weight excluding hydrogens is 228 g/mol. The largest absolute Gasteiger partial charge is 0.274 e. The lowest BCUT2D eigenvalue weighted by Gasteiger charge is -2.05. The molecule has 0 saturated heterocycles. The molecule has 18 heavy (non-hydrogen) atoms. The van der Waals surface area contributed by atoms with Gasteiger partial charge in [0.1, 0.15) is 0 Å². The highest BCUT2D eigenvalue weighted by Gasteiger charge is 2.03. The second-order valence-corrected chi connectivity index (χ2v) is 3.72. The molecule has 0 aliphatic heterocycles. The van der Waals surface area contributed by atoms with Crippen LogP contribution in [0.4, 0.5) is 0 Å². The molecule has 2 rings (SSSR count). The Balaban J connectivity index is 1.72. The first kappa shape index (κ1) is 12.3. The molecule has 1 N–H and O–H groups in total. The predicted octanol–water partition coefficient (Wildman–Crippen LogP) is 1.99. The van der Waals surface area contributed by atoms with Crippen molar-refractivity contribution in [2.24, 2.45) is 0 Å². The lowest BCUT2D eigenvalue weighted by molar-refractivity contribution is 0.0322. The average molecular weight is 242 g/mol. The summed E-state index contributed by atoms with van der Waals surface area (Å²) in [6, 6.07) is 14.6. The quantitative estimate of drug-likeness (QED) is 0.644. The Morgan fingerprint density at radius 1 is 1.11 bits per heavy atom. The summed E-state index contributed by atoms with van der Waals surface area (Å²) >= 11 is 0. The van der Waals surface area contributed by atoms with E-state index >= 15 is 0 Å². The van der Waals surface area contributed by atoms with E-state index in [0.29, 0.717) is 18.6 Å². The summed E-state index contributed by atoms with van der Waals surface area (Å²) < 4.78 is 0. The molecule has 0 aliphatic rings. The summed E-state index contributed by atoms with van der Waals surface area (Å²) in [4.78, 5) is 20.9. The van der Waals surface area contributed by atoms with Crippen molar-refractivity contribution in [3.63, 3.8) is 0 Å². The zero-order chi connectivity index (χ0) is 12.6. The van der Waals surface area contributed by atoms with Crippen molar-refractivity contribution in [3.05, 3.63) is 66.0 Å². The molecule has 0 saturated carbocycles. The molecule has 0 aliphatic carbocycles. The zero-order valence-electron chi connectivity index (χ0n) is 9.87. The number of carbonyl (C=O) groups excluding carboxylic acids is 1. The van der Waals surface area contributed by atoms with E-state index in [1.54, 1.807) is 18.3 Å². The average Bonchev–Trinajstić information content (AvgIpc) is 2.45. The van der Waals surface area contributed by atoms with Gasteiger partial charge in [0.2, 0.25) is 0 Å². The standard InChI is InChI=1S/C14H14N2O2/c17-14(12-6-2-1-3-7-12)16-18-11-9-13-8-4-5-10-15-13/h1-8,10H,9,11H2,(H,16,17). The molecule has 1 aromatic heterocycles. The van der Waals surface area contributed by atoms with E-state index in [9.17, 15) is 4.79 Å². The third kappa shape index (κ3) is 3.68. The van der Waals surface area contributed by atoms with Gasteiger partial charge in [0.05, 0.1) is 6.61 Å². The van der Waals surface area contributed by atoms with Crippen LogP contribution in [0.25, 0.3) is 0 Å². The van der Waals surface area contributed by atoms with E-state index in [4.69, 9.17) is 4.84 Å². The molecule has 0 fully saturated rings. The van der Waals surface area contributed by atoms with Crippen LogP contribution in [0.3, 0.4) is 0 Å². The summed E-state index contributed by atoms with van der Waals surface area (Å²) in [5, 5.41) is 0. The molecule has 2 aromatic rings. The van der Waals surface area contributed by atoms with Gasteiger partial charge in [-0.25, -0.2) is 5.48 Å². The summed E-state index contributed by atoms with van der Waals surface area (Å²) in [6.45, 7) is 0.398. The highest BCUT2D eigenvalue weighted by Crippen LogP contribution is 1.98. The maximum atomic E-state index is 11.6. The first-order valence-electron chi connectivity index (χ1n) is 5.73. The number of hydroxylamine groups is 1. The van der Waals surface area contributed by atoms with Crippen LogP contribution in [0.15, 0.2) is 54.7 Å². The van der Waals surface area contributed by atoms with Crippen LogP contribution >= 0.6 is 0 Å². The highest BCUT2D eigenvalue weighted by atomic mass is 16.6. The molecule has 0 atom stereocenters. The number of carbonyl (C=O) groups is 1. The molecule has 1 aromatic carbocycles. The van der Waals surface area contributed by atoms with Crippen molar-refractivity contribution >= 4 is 5.91 Å². The van der Waals surface area contributed by atoms with E-state index in [1.165, 1.54) is 0 Å². The maximum absolute atomic E-state index is 11.6. The lowest BCUT2D eigenvalue weighted by Crippen LogP contribution is -2.24. The first-order valence-corrected chi connectivity index (χ1v) is 5.73. The van der Waals surface area contributed by atoms with Crippen LogP contribution in [0.5, 0.6) is 0 Å². The second-order valence-electron chi connectivity index (χ2n) is 3.72. The predicted molar refractivity (Wildman–Crippen MR) is 67.8 cm³/mol.